The molecule has 6 aromatic rings. The number of benzene rings is 4. The van der Waals surface area contributed by atoms with Gasteiger partial charge in [-0.05, 0) is 153 Å². The maximum atomic E-state index is 12.1. The van der Waals surface area contributed by atoms with E-state index in [9.17, 15) is 19.2 Å². The number of pyridine rings is 2. The summed E-state index contributed by atoms with van der Waals surface area (Å²) in [7, 11) is 0. The van der Waals surface area contributed by atoms with Crippen LogP contribution >= 0.6 is 11.6 Å². The van der Waals surface area contributed by atoms with Crippen molar-refractivity contribution in [1.82, 2.24) is 20.2 Å². The third-order valence-electron chi connectivity index (χ3n) is 10.8. The van der Waals surface area contributed by atoms with Gasteiger partial charge in [0.15, 0.2) is 0 Å². The summed E-state index contributed by atoms with van der Waals surface area (Å²) in [6.45, 7) is 9.92. The highest BCUT2D eigenvalue weighted by atomic mass is 35.5. The number of carbonyl (C=O) groups excluding carboxylic acids is 4. The van der Waals surface area contributed by atoms with Gasteiger partial charge in [0.05, 0.1) is 22.5 Å². The molecule has 12 nitrogen and oxygen atoms in total. The molecule has 0 radical (unpaired) electrons. The predicted molar refractivity (Wildman–Crippen MR) is 254 cm³/mol. The van der Waals surface area contributed by atoms with Crippen LogP contribution in [0.1, 0.15) is 69.6 Å². The molecule has 0 bridgehead atoms. The molecule has 2 atom stereocenters. The number of amides is 3. The second-order valence-corrected chi connectivity index (χ2v) is 15.6. The van der Waals surface area contributed by atoms with Gasteiger partial charge in [-0.2, -0.15) is 0 Å². The summed E-state index contributed by atoms with van der Waals surface area (Å²) in [5, 5.41) is 2.90. The molecule has 13 heteroatoms. The number of nitrogens with one attached hydrogen (secondary N) is 1. The third-order valence-corrected chi connectivity index (χ3v) is 10.9. The summed E-state index contributed by atoms with van der Waals surface area (Å²) in [5.41, 5.74) is 16.6. The lowest BCUT2D eigenvalue weighted by Crippen LogP contribution is -2.38. The number of carbonyl (C=O) groups is 4. The van der Waals surface area contributed by atoms with Crippen molar-refractivity contribution in [3.63, 3.8) is 0 Å². The summed E-state index contributed by atoms with van der Waals surface area (Å²) in [5.74, 6) is 2.30. The van der Waals surface area contributed by atoms with Crippen LogP contribution in [-0.2, 0) is 9.59 Å². The lowest BCUT2D eigenvalue weighted by atomic mass is 9.93. The van der Waals surface area contributed by atoms with Gasteiger partial charge in [-0.15, -0.1) is 0 Å². The Morgan fingerprint density at radius 3 is 1.48 bits per heavy atom. The maximum Gasteiger partial charge on any atom is 0.250 e. The van der Waals surface area contributed by atoms with Crippen molar-refractivity contribution in [2.24, 2.45) is 11.5 Å². The number of hydrogen-bond donors (Lipinski definition) is 3. The van der Waals surface area contributed by atoms with E-state index in [0.717, 1.165) is 91.2 Å². The van der Waals surface area contributed by atoms with E-state index in [1.54, 1.807) is 17.0 Å². The Morgan fingerprint density at radius 1 is 0.615 bits per heavy atom. The molecule has 4 aromatic carbocycles. The van der Waals surface area contributed by atoms with E-state index in [4.69, 9.17) is 42.5 Å². The minimum atomic E-state index is -0.532. The standard InChI is InChI=1S/C26H25N3O3.C23H23N3O2.C3H3ClO/c1-2-24(30)29-16-6-7-19(17-29)23-15-14-22(26(27)31)25(28-23)18-10-12-21(13-11-18)32-20-8-4-3-5-9-20;24-23(27)20-12-13-21(17-5-4-14-25-15-17)26-22(20)16-8-10-19(11-9-16)28-18-6-2-1-3-7-18;1-2-3(4)5/h2-5,8-15,19H,1,6-7,16-17H2,(H2,27,31);1-3,6-13,17,25H,4-5,14-15H2,(H2,24,27);2H,1H2. The molecular weight excluding hydrogens is 840 g/mol. The fourth-order valence-electron chi connectivity index (χ4n) is 7.50. The third kappa shape index (κ3) is 13.3. The van der Waals surface area contributed by atoms with E-state index in [2.05, 4.69) is 18.5 Å². The van der Waals surface area contributed by atoms with Crippen LogP contribution in [0.4, 0.5) is 0 Å². The van der Waals surface area contributed by atoms with Gasteiger partial charge < -0.3 is 31.2 Å². The molecule has 2 unspecified atom stereocenters. The van der Waals surface area contributed by atoms with E-state index in [1.165, 1.54) is 6.08 Å². The van der Waals surface area contributed by atoms with Crippen LogP contribution in [-0.4, -0.2) is 64.0 Å². The van der Waals surface area contributed by atoms with Crippen molar-refractivity contribution in [3.05, 3.63) is 181 Å². The lowest BCUT2D eigenvalue weighted by Gasteiger charge is -2.32. The molecular formula is C52H51ClN6O6. The van der Waals surface area contributed by atoms with Crippen LogP contribution in [0.5, 0.6) is 23.0 Å². The lowest BCUT2D eigenvalue weighted by molar-refractivity contribution is -0.127. The SMILES string of the molecule is C=CC(=O)Cl.C=CC(=O)N1CCCC(c2ccc(C(N)=O)c(-c3ccc(Oc4ccccc4)cc3)n2)C1.NC(=O)c1ccc(C2CCCNC2)nc1-c1ccc(Oc2ccccc2)cc1. The number of allylic oxidation sites excluding steroid dienone is 1. The number of nitrogens with zero attached hydrogens (tertiary/aromatic N) is 3. The monoisotopic (exact) mass is 890 g/mol. The number of halogens is 1. The zero-order chi connectivity index (χ0) is 46.1. The zero-order valence-electron chi connectivity index (χ0n) is 35.9. The predicted octanol–water partition coefficient (Wildman–Crippen LogP) is 9.58. The number of likely N-dealkylation sites (tertiary alicyclic amines) is 1. The molecule has 65 heavy (non-hydrogen) atoms. The Bertz CT molecular complexity index is 2580. The molecule has 0 spiro atoms. The summed E-state index contributed by atoms with van der Waals surface area (Å²) in [4.78, 5) is 56.9. The Kier molecular flexibility index (Phi) is 16.9. The summed E-state index contributed by atoms with van der Waals surface area (Å²) in [6, 6.07) is 41.4. The minimum absolute atomic E-state index is 0.0716. The van der Waals surface area contributed by atoms with Crippen LogP contribution in [0.2, 0.25) is 0 Å². The molecule has 0 saturated carbocycles. The fourth-order valence-corrected chi connectivity index (χ4v) is 7.50. The van der Waals surface area contributed by atoms with Gasteiger partial charge in [-0.3, -0.25) is 29.1 Å². The first kappa shape index (κ1) is 47.1. The molecule has 2 saturated heterocycles. The molecule has 2 aliphatic heterocycles. The number of para-hydroxylation sites is 2. The van der Waals surface area contributed by atoms with Gasteiger partial charge in [0.1, 0.15) is 23.0 Å². The van der Waals surface area contributed by atoms with Crippen molar-refractivity contribution in [3.8, 4) is 45.5 Å². The number of primary amides is 2. The smallest absolute Gasteiger partial charge is 0.250 e. The quantitative estimate of drug-likeness (QED) is 0.0797. The van der Waals surface area contributed by atoms with Crippen LogP contribution in [0.15, 0.2) is 159 Å². The molecule has 4 heterocycles. The first-order valence-corrected chi connectivity index (χ1v) is 21.6. The molecule has 3 amide bonds. The van der Waals surface area contributed by atoms with Gasteiger partial charge >= 0.3 is 0 Å². The Labute approximate surface area is 384 Å². The summed E-state index contributed by atoms with van der Waals surface area (Å²) in [6.07, 6.45) is 6.43. The Balaban J connectivity index is 0.000000197. The van der Waals surface area contributed by atoms with E-state index in [1.807, 2.05) is 121 Å². The van der Waals surface area contributed by atoms with Gasteiger partial charge in [-0.1, -0.05) is 49.6 Å². The second-order valence-electron chi connectivity index (χ2n) is 15.3. The molecule has 8 rings (SSSR count). The zero-order valence-corrected chi connectivity index (χ0v) is 36.7. The van der Waals surface area contributed by atoms with Crippen LogP contribution in [0.3, 0.4) is 0 Å². The topological polar surface area (TPSA) is 180 Å². The van der Waals surface area contributed by atoms with Gasteiger partial charge in [-0.25, -0.2) is 0 Å². The number of rotatable bonds is 12. The van der Waals surface area contributed by atoms with Crippen LogP contribution < -0.4 is 26.3 Å². The Morgan fingerprint density at radius 2 is 1.06 bits per heavy atom. The highest BCUT2D eigenvalue weighted by Gasteiger charge is 2.26. The number of piperidine rings is 2. The first-order valence-electron chi connectivity index (χ1n) is 21.2. The highest BCUT2D eigenvalue weighted by molar-refractivity contribution is 6.66. The van der Waals surface area contributed by atoms with Gasteiger partial charge in [0, 0.05) is 54.0 Å². The minimum Gasteiger partial charge on any atom is -0.457 e. The van der Waals surface area contributed by atoms with Crippen molar-refractivity contribution in [1.29, 1.82) is 0 Å². The fraction of sp³-hybridized carbons (Fsp3) is 0.192. The highest BCUT2D eigenvalue weighted by Crippen LogP contribution is 2.33. The number of nitrogens with two attached hydrogens (primary N) is 2. The molecule has 2 aliphatic rings. The summed E-state index contributed by atoms with van der Waals surface area (Å²) < 4.78 is 11.7. The Hall–Kier alpha value is -7.41. The average molecular weight is 891 g/mol. The normalized spacial score (nSPS) is 15.4. The molecule has 332 valence electrons. The molecule has 2 aromatic heterocycles. The second kappa shape index (κ2) is 23.3. The molecule has 0 aliphatic carbocycles. The van der Waals surface area contributed by atoms with Gasteiger partial charge in [0.25, 0.3) is 11.8 Å². The molecule has 5 N–H and O–H groups in total. The number of aromatic nitrogens is 2. The number of ether oxygens (including phenoxy) is 2. The van der Waals surface area contributed by atoms with Gasteiger partial charge in [0.2, 0.25) is 11.1 Å². The first-order chi connectivity index (χ1) is 31.5. The van der Waals surface area contributed by atoms with Crippen molar-refractivity contribution < 1.29 is 28.7 Å². The molecule has 2 fully saturated rings. The maximum absolute atomic E-state index is 12.1. The van der Waals surface area contributed by atoms with Crippen LogP contribution in [0.25, 0.3) is 22.5 Å². The number of hydrogen-bond acceptors (Lipinski definition) is 9. The van der Waals surface area contributed by atoms with Crippen molar-refractivity contribution in [2.75, 3.05) is 26.2 Å². The van der Waals surface area contributed by atoms with E-state index < -0.39 is 17.1 Å². The van der Waals surface area contributed by atoms with E-state index in [0.29, 0.717) is 40.7 Å². The van der Waals surface area contributed by atoms with Crippen molar-refractivity contribution >= 4 is 34.6 Å². The van der Waals surface area contributed by atoms with E-state index >= 15 is 0 Å². The van der Waals surface area contributed by atoms with Crippen molar-refractivity contribution in [2.45, 2.75) is 37.5 Å². The largest absolute Gasteiger partial charge is 0.457 e. The van der Waals surface area contributed by atoms with E-state index in [-0.39, 0.29) is 11.8 Å². The average Bonchev–Trinajstić information content (AvgIpc) is 3.35. The summed E-state index contributed by atoms with van der Waals surface area (Å²) >= 11 is 4.71. The van der Waals surface area contributed by atoms with Crippen LogP contribution in [0, 0.1) is 0 Å².